The third-order valence-electron chi connectivity index (χ3n) is 3.79. The van der Waals surface area contributed by atoms with Crippen molar-refractivity contribution in [1.29, 1.82) is 0 Å². The highest BCUT2D eigenvalue weighted by Gasteiger charge is 2.21. The number of halogens is 1. The predicted molar refractivity (Wildman–Crippen MR) is 92.8 cm³/mol. The molecule has 0 unspecified atom stereocenters. The molecule has 3 nitrogen and oxygen atoms in total. The number of ketones is 1. The van der Waals surface area contributed by atoms with Crippen LogP contribution >= 0.6 is 11.6 Å². The average molecular weight is 326 g/mol. The Morgan fingerprint density at radius 2 is 1.96 bits per heavy atom. The molecule has 1 amide bonds. The molecule has 0 aliphatic carbocycles. The zero-order valence-corrected chi connectivity index (χ0v) is 13.3. The Hall–Kier alpha value is -2.39. The molecule has 1 saturated heterocycles. The van der Waals surface area contributed by atoms with Gasteiger partial charge in [-0.25, -0.2) is 0 Å². The van der Waals surface area contributed by atoms with Gasteiger partial charge in [-0.05, 0) is 42.3 Å². The number of anilines is 1. The van der Waals surface area contributed by atoms with Crippen LogP contribution in [0.25, 0.3) is 6.08 Å². The summed E-state index contributed by atoms with van der Waals surface area (Å²) >= 11 is 5.93. The molecule has 0 atom stereocenters. The largest absolute Gasteiger partial charge is 0.312 e. The molecule has 0 spiro atoms. The van der Waals surface area contributed by atoms with Crippen molar-refractivity contribution in [3.8, 4) is 0 Å². The van der Waals surface area contributed by atoms with E-state index in [1.165, 1.54) is 6.08 Å². The number of hydrogen-bond donors (Lipinski definition) is 0. The zero-order chi connectivity index (χ0) is 16.2. The summed E-state index contributed by atoms with van der Waals surface area (Å²) < 4.78 is 0. The van der Waals surface area contributed by atoms with Crippen LogP contribution < -0.4 is 4.90 Å². The van der Waals surface area contributed by atoms with Crippen LogP contribution in [0, 0.1) is 0 Å². The van der Waals surface area contributed by atoms with Crippen LogP contribution in [0.1, 0.15) is 28.8 Å². The number of nitrogens with zero attached hydrogens (tertiary/aromatic N) is 1. The average Bonchev–Trinajstić information content (AvgIpc) is 2.99. The molecule has 2 aromatic rings. The Morgan fingerprint density at radius 3 is 2.70 bits per heavy atom. The molecule has 0 radical (unpaired) electrons. The maximum absolute atomic E-state index is 12.3. The smallest absolute Gasteiger partial charge is 0.227 e. The van der Waals surface area contributed by atoms with Crippen LogP contribution in [-0.2, 0) is 4.79 Å². The van der Waals surface area contributed by atoms with E-state index in [1.807, 2.05) is 18.2 Å². The van der Waals surface area contributed by atoms with Gasteiger partial charge in [0.1, 0.15) is 0 Å². The zero-order valence-electron chi connectivity index (χ0n) is 12.5. The lowest BCUT2D eigenvalue weighted by molar-refractivity contribution is -0.117. The van der Waals surface area contributed by atoms with E-state index in [-0.39, 0.29) is 11.7 Å². The molecule has 3 rings (SSSR count). The summed E-state index contributed by atoms with van der Waals surface area (Å²) in [5, 5.41) is 0.633. The maximum atomic E-state index is 12.3. The van der Waals surface area contributed by atoms with Gasteiger partial charge in [0.2, 0.25) is 5.91 Å². The number of carbonyl (C=O) groups excluding carboxylic acids is 2. The number of rotatable bonds is 4. The minimum absolute atomic E-state index is 0.0986. The second kappa shape index (κ2) is 6.80. The van der Waals surface area contributed by atoms with E-state index in [1.54, 1.807) is 41.3 Å². The van der Waals surface area contributed by atoms with Gasteiger partial charge in [-0.3, -0.25) is 9.59 Å². The molecule has 0 bridgehead atoms. The van der Waals surface area contributed by atoms with Crippen LogP contribution in [0.15, 0.2) is 54.6 Å². The lowest BCUT2D eigenvalue weighted by atomic mass is 10.1. The maximum Gasteiger partial charge on any atom is 0.227 e. The van der Waals surface area contributed by atoms with Gasteiger partial charge in [0.05, 0.1) is 0 Å². The van der Waals surface area contributed by atoms with Crippen molar-refractivity contribution in [2.24, 2.45) is 0 Å². The first-order chi connectivity index (χ1) is 11.1. The standard InChI is InChI=1S/C19H16ClNO2/c20-16-6-1-4-14(12-16)9-10-18(22)15-5-2-7-17(13-15)21-11-3-8-19(21)23/h1-2,4-7,9-10,12-13H,3,8,11H2/b10-9+. The van der Waals surface area contributed by atoms with E-state index < -0.39 is 0 Å². The van der Waals surface area contributed by atoms with Gasteiger partial charge in [0.15, 0.2) is 5.78 Å². The summed E-state index contributed by atoms with van der Waals surface area (Å²) in [7, 11) is 0. The van der Waals surface area contributed by atoms with Crippen molar-refractivity contribution in [3.63, 3.8) is 0 Å². The third-order valence-corrected chi connectivity index (χ3v) is 4.03. The second-order valence-electron chi connectivity index (χ2n) is 5.45. The van der Waals surface area contributed by atoms with Gasteiger partial charge in [0.25, 0.3) is 0 Å². The first-order valence-corrected chi connectivity index (χ1v) is 7.90. The highest BCUT2D eigenvalue weighted by atomic mass is 35.5. The lowest BCUT2D eigenvalue weighted by Crippen LogP contribution is -2.23. The Morgan fingerprint density at radius 1 is 1.13 bits per heavy atom. The molecule has 0 saturated carbocycles. The van der Waals surface area contributed by atoms with Crippen molar-refractivity contribution < 1.29 is 9.59 Å². The predicted octanol–water partition coefficient (Wildman–Crippen LogP) is 4.36. The summed E-state index contributed by atoms with van der Waals surface area (Å²) in [6.45, 7) is 0.717. The van der Waals surface area contributed by atoms with E-state index in [4.69, 9.17) is 11.6 Å². The first-order valence-electron chi connectivity index (χ1n) is 7.52. The van der Waals surface area contributed by atoms with Gasteiger partial charge >= 0.3 is 0 Å². The van der Waals surface area contributed by atoms with Crippen molar-refractivity contribution in [2.75, 3.05) is 11.4 Å². The van der Waals surface area contributed by atoms with Crippen LogP contribution in [0.5, 0.6) is 0 Å². The molecule has 1 fully saturated rings. The molecule has 2 aromatic carbocycles. The summed E-state index contributed by atoms with van der Waals surface area (Å²) in [6, 6.07) is 14.5. The Labute approximate surface area is 140 Å². The number of benzene rings is 2. The lowest BCUT2D eigenvalue weighted by Gasteiger charge is -2.16. The van der Waals surface area contributed by atoms with Crippen molar-refractivity contribution in [1.82, 2.24) is 0 Å². The summed E-state index contributed by atoms with van der Waals surface area (Å²) in [6.07, 6.45) is 4.71. The number of carbonyl (C=O) groups is 2. The van der Waals surface area contributed by atoms with Crippen LogP contribution in [-0.4, -0.2) is 18.2 Å². The third kappa shape index (κ3) is 3.69. The fourth-order valence-electron chi connectivity index (χ4n) is 2.63. The molecule has 4 heteroatoms. The highest BCUT2D eigenvalue weighted by molar-refractivity contribution is 6.30. The van der Waals surface area contributed by atoms with Crippen LogP contribution in [0.3, 0.4) is 0 Å². The quantitative estimate of drug-likeness (QED) is 0.618. The van der Waals surface area contributed by atoms with Gasteiger partial charge in [-0.2, -0.15) is 0 Å². The molecule has 116 valence electrons. The normalized spacial score (nSPS) is 14.7. The van der Waals surface area contributed by atoms with E-state index in [0.29, 0.717) is 17.0 Å². The van der Waals surface area contributed by atoms with Gasteiger partial charge < -0.3 is 4.90 Å². The second-order valence-corrected chi connectivity index (χ2v) is 5.89. The van der Waals surface area contributed by atoms with Crippen molar-refractivity contribution >= 4 is 35.1 Å². The fraction of sp³-hybridized carbons (Fsp3) is 0.158. The minimum Gasteiger partial charge on any atom is -0.312 e. The summed E-state index contributed by atoms with van der Waals surface area (Å²) in [5.74, 6) is 0.0162. The van der Waals surface area contributed by atoms with Crippen molar-refractivity contribution in [3.05, 3.63) is 70.8 Å². The number of hydrogen-bond acceptors (Lipinski definition) is 2. The Kier molecular flexibility index (Phi) is 4.58. The summed E-state index contributed by atoms with van der Waals surface area (Å²) in [5.41, 5.74) is 2.23. The van der Waals surface area contributed by atoms with Crippen LogP contribution in [0.2, 0.25) is 5.02 Å². The van der Waals surface area contributed by atoms with E-state index >= 15 is 0 Å². The molecule has 0 aromatic heterocycles. The molecular weight excluding hydrogens is 310 g/mol. The molecule has 1 aliphatic rings. The fourth-order valence-corrected chi connectivity index (χ4v) is 2.83. The summed E-state index contributed by atoms with van der Waals surface area (Å²) in [4.78, 5) is 25.9. The van der Waals surface area contributed by atoms with Crippen LogP contribution in [0.4, 0.5) is 5.69 Å². The Balaban J connectivity index is 1.78. The minimum atomic E-state index is -0.0986. The molecular formula is C19H16ClNO2. The van der Waals surface area contributed by atoms with Gasteiger partial charge in [-0.15, -0.1) is 0 Å². The number of amides is 1. The topological polar surface area (TPSA) is 37.4 Å². The first kappa shape index (κ1) is 15.5. The molecule has 1 aliphatic heterocycles. The molecule has 1 heterocycles. The van der Waals surface area contributed by atoms with Crippen molar-refractivity contribution in [2.45, 2.75) is 12.8 Å². The van der Waals surface area contributed by atoms with E-state index in [9.17, 15) is 9.59 Å². The van der Waals surface area contributed by atoms with Gasteiger partial charge in [-0.1, -0.05) is 41.9 Å². The molecule has 23 heavy (non-hydrogen) atoms. The van der Waals surface area contributed by atoms with E-state index in [2.05, 4.69) is 0 Å². The highest BCUT2D eigenvalue weighted by Crippen LogP contribution is 2.22. The molecule has 0 N–H and O–H groups in total. The van der Waals surface area contributed by atoms with E-state index in [0.717, 1.165) is 24.2 Å². The monoisotopic (exact) mass is 325 g/mol. The Bertz CT molecular complexity index is 782. The SMILES string of the molecule is O=C(/C=C/c1cccc(Cl)c1)c1cccc(N2CCCC2=O)c1. The van der Waals surface area contributed by atoms with Gasteiger partial charge in [0, 0.05) is 29.2 Å². The number of allylic oxidation sites excluding steroid dienone is 1.